The molecule has 1 heterocycles. The maximum absolute atomic E-state index is 14.2. The van der Waals surface area contributed by atoms with Gasteiger partial charge in [-0.25, -0.2) is 9.37 Å². The van der Waals surface area contributed by atoms with E-state index >= 15 is 0 Å². The molecule has 0 aliphatic heterocycles. The molecule has 0 atom stereocenters. The summed E-state index contributed by atoms with van der Waals surface area (Å²) in [5, 5.41) is 0.422. The lowest BCUT2D eigenvalue weighted by Gasteiger charge is -2.21. The zero-order valence-corrected chi connectivity index (χ0v) is 17.3. The lowest BCUT2D eigenvalue weighted by Crippen LogP contribution is -2.30. The highest BCUT2D eigenvalue weighted by atomic mass is 32.1. The summed E-state index contributed by atoms with van der Waals surface area (Å²) in [6.07, 6.45) is 0. The quantitative estimate of drug-likeness (QED) is 0.423. The minimum absolute atomic E-state index is 0.256. The Bertz CT molecular complexity index is 1170. The van der Waals surface area contributed by atoms with Gasteiger partial charge >= 0.3 is 0 Å². The maximum atomic E-state index is 14.2. The number of hydrogen-bond donors (Lipinski definition) is 0. The fourth-order valence-corrected chi connectivity index (χ4v) is 4.08. The second kappa shape index (κ2) is 8.51. The summed E-state index contributed by atoms with van der Waals surface area (Å²) in [4.78, 5) is 19.5. The fourth-order valence-electron chi connectivity index (χ4n) is 3.10. The predicted molar refractivity (Wildman–Crippen MR) is 116 cm³/mol. The number of aromatic nitrogens is 1. The number of ether oxygens (including phenoxy) is 2. The fraction of sp³-hybridized carbons (Fsp3) is 0.130. The maximum Gasteiger partial charge on any atom is 0.260 e. The minimum atomic E-state index is -0.412. The number of hydrogen-bond acceptors (Lipinski definition) is 5. The largest absolute Gasteiger partial charge is 0.497 e. The molecule has 7 heteroatoms. The van der Waals surface area contributed by atoms with Crippen LogP contribution in [0.5, 0.6) is 11.5 Å². The number of benzene rings is 3. The zero-order chi connectivity index (χ0) is 21.1. The summed E-state index contributed by atoms with van der Waals surface area (Å²) in [7, 11) is 3.06. The van der Waals surface area contributed by atoms with Gasteiger partial charge in [0.15, 0.2) is 5.13 Å². The summed E-state index contributed by atoms with van der Waals surface area (Å²) >= 11 is 1.27. The van der Waals surface area contributed by atoms with E-state index in [1.165, 1.54) is 31.6 Å². The number of carbonyl (C=O) groups is 1. The molecule has 0 bridgehead atoms. The van der Waals surface area contributed by atoms with Gasteiger partial charge < -0.3 is 9.47 Å². The van der Waals surface area contributed by atoms with Gasteiger partial charge in [0.05, 0.1) is 25.5 Å². The SMILES string of the molecule is COc1cc(OC)cc(C(=O)N(Cc2ccccc2)c2nc3c(F)cccc3s2)c1. The number of thiazole rings is 1. The van der Waals surface area contributed by atoms with E-state index in [2.05, 4.69) is 4.98 Å². The third-order valence-corrected chi connectivity index (χ3v) is 5.66. The van der Waals surface area contributed by atoms with Gasteiger partial charge in [0.1, 0.15) is 22.8 Å². The van der Waals surface area contributed by atoms with E-state index in [4.69, 9.17) is 9.47 Å². The molecule has 0 saturated carbocycles. The summed E-state index contributed by atoms with van der Waals surface area (Å²) in [6.45, 7) is 0.292. The first-order chi connectivity index (χ1) is 14.6. The number of rotatable bonds is 6. The van der Waals surface area contributed by atoms with Crippen LogP contribution in [0.15, 0.2) is 66.7 Å². The van der Waals surface area contributed by atoms with Crippen molar-refractivity contribution in [2.45, 2.75) is 6.54 Å². The van der Waals surface area contributed by atoms with Crippen molar-refractivity contribution >= 4 is 32.6 Å². The molecule has 0 spiro atoms. The molecule has 0 radical (unpaired) electrons. The molecule has 5 nitrogen and oxygen atoms in total. The summed E-state index contributed by atoms with van der Waals surface area (Å²) in [6, 6.07) is 19.4. The van der Waals surface area contributed by atoms with Crippen molar-refractivity contribution in [2.24, 2.45) is 0 Å². The summed E-state index contributed by atoms with van der Waals surface area (Å²) < 4.78 is 25.5. The minimum Gasteiger partial charge on any atom is -0.497 e. The highest BCUT2D eigenvalue weighted by Crippen LogP contribution is 2.33. The first-order valence-corrected chi connectivity index (χ1v) is 10.0. The van der Waals surface area contributed by atoms with Crippen LogP contribution in [0.3, 0.4) is 0 Å². The molecule has 0 fully saturated rings. The number of anilines is 1. The number of amides is 1. The molecule has 4 aromatic rings. The lowest BCUT2D eigenvalue weighted by molar-refractivity contribution is 0.0984. The average molecular weight is 422 g/mol. The molecule has 4 rings (SSSR count). The molecule has 0 saturated heterocycles. The van der Waals surface area contributed by atoms with Crippen molar-refractivity contribution in [3.05, 3.63) is 83.7 Å². The van der Waals surface area contributed by atoms with Gasteiger partial charge in [0.2, 0.25) is 0 Å². The number of halogens is 1. The van der Waals surface area contributed by atoms with Crippen LogP contribution in [0.4, 0.5) is 9.52 Å². The first-order valence-electron chi connectivity index (χ1n) is 9.23. The first kappa shape index (κ1) is 19.8. The van der Waals surface area contributed by atoms with E-state index in [1.54, 1.807) is 35.2 Å². The van der Waals surface area contributed by atoms with E-state index in [-0.39, 0.29) is 11.4 Å². The van der Waals surface area contributed by atoms with E-state index < -0.39 is 5.82 Å². The Balaban J connectivity index is 1.80. The second-order valence-corrected chi connectivity index (χ2v) is 7.57. The van der Waals surface area contributed by atoms with Crippen LogP contribution < -0.4 is 14.4 Å². The number of nitrogens with zero attached hydrogens (tertiary/aromatic N) is 2. The third kappa shape index (κ3) is 3.97. The van der Waals surface area contributed by atoms with Crippen LogP contribution >= 0.6 is 11.3 Å². The molecular formula is C23H19FN2O3S. The van der Waals surface area contributed by atoms with E-state index in [0.717, 1.165) is 5.56 Å². The average Bonchev–Trinajstić information content (AvgIpc) is 3.22. The molecule has 0 unspecified atom stereocenters. The Morgan fingerprint density at radius 1 is 1.00 bits per heavy atom. The molecule has 0 aliphatic carbocycles. The topological polar surface area (TPSA) is 51.7 Å². The van der Waals surface area contributed by atoms with Crippen LogP contribution in [0.2, 0.25) is 0 Å². The van der Waals surface area contributed by atoms with Gasteiger partial charge in [-0.15, -0.1) is 0 Å². The third-order valence-electron chi connectivity index (χ3n) is 4.62. The second-order valence-electron chi connectivity index (χ2n) is 6.56. The normalized spacial score (nSPS) is 10.8. The van der Waals surface area contributed by atoms with Gasteiger partial charge in [-0.2, -0.15) is 0 Å². The highest BCUT2D eigenvalue weighted by molar-refractivity contribution is 7.22. The monoisotopic (exact) mass is 422 g/mol. The summed E-state index contributed by atoms with van der Waals surface area (Å²) in [5.41, 5.74) is 1.58. The smallest absolute Gasteiger partial charge is 0.260 e. The van der Waals surface area contributed by atoms with Crippen molar-refractivity contribution in [3.8, 4) is 11.5 Å². The zero-order valence-electron chi connectivity index (χ0n) is 16.5. The van der Waals surface area contributed by atoms with E-state index in [9.17, 15) is 9.18 Å². The highest BCUT2D eigenvalue weighted by Gasteiger charge is 2.23. The standard InChI is InChI=1S/C23H19FN2O3S/c1-28-17-11-16(12-18(13-17)29-2)22(27)26(14-15-7-4-3-5-8-15)23-25-21-19(24)9-6-10-20(21)30-23/h3-13H,14H2,1-2H3. The van der Waals surface area contributed by atoms with Crippen LogP contribution in [0, 0.1) is 5.82 Å². The van der Waals surface area contributed by atoms with Crippen LogP contribution in [-0.2, 0) is 6.54 Å². The van der Waals surface area contributed by atoms with Gasteiger partial charge in [0.25, 0.3) is 5.91 Å². The Morgan fingerprint density at radius 3 is 2.33 bits per heavy atom. The molecule has 152 valence electrons. The lowest BCUT2D eigenvalue weighted by atomic mass is 10.1. The van der Waals surface area contributed by atoms with Crippen molar-refractivity contribution < 1.29 is 18.7 Å². The molecule has 0 aliphatic rings. The Hall–Kier alpha value is -3.45. The van der Waals surface area contributed by atoms with Gasteiger partial charge in [-0.1, -0.05) is 47.7 Å². The van der Waals surface area contributed by atoms with Crippen molar-refractivity contribution in [2.75, 3.05) is 19.1 Å². The molecular weight excluding hydrogens is 403 g/mol. The van der Waals surface area contributed by atoms with Crippen molar-refractivity contribution in [3.63, 3.8) is 0 Å². The molecule has 0 N–H and O–H groups in total. The molecule has 1 aromatic heterocycles. The van der Waals surface area contributed by atoms with Crippen molar-refractivity contribution in [1.29, 1.82) is 0 Å². The Kier molecular flexibility index (Phi) is 5.63. The summed E-state index contributed by atoms with van der Waals surface area (Å²) in [5.74, 6) is 0.320. The Morgan fingerprint density at radius 2 is 1.70 bits per heavy atom. The molecule has 3 aromatic carbocycles. The van der Waals surface area contributed by atoms with Gasteiger partial charge in [0, 0.05) is 11.6 Å². The number of carbonyl (C=O) groups excluding carboxylic acids is 1. The van der Waals surface area contributed by atoms with E-state index in [1.807, 2.05) is 30.3 Å². The predicted octanol–water partition coefficient (Wildman–Crippen LogP) is 5.30. The molecule has 1 amide bonds. The van der Waals surface area contributed by atoms with Crippen LogP contribution in [0.1, 0.15) is 15.9 Å². The number of para-hydroxylation sites is 1. The number of fused-ring (bicyclic) bond motifs is 1. The van der Waals surface area contributed by atoms with Gasteiger partial charge in [-0.3, -0.25) is 9.69 Å². The number of methoxy groups -OCH3 is 2. The Labute approximate surface area is 177 Å². The van der Waals surface area contributed by atoms with Gasteiger partial charge in [-0.05, 0) is 29.8 Å². The van der Waals surface area contributed by atoms with Crippen molar-refractivity contribution in [1.82, 2.24) is 4.98 Å². The van der Waals surface area contributed by atoms with Crippen LogP contribution in [-0.4, -0.2) is 25.1 Å². The van der Waals surface area contributed by atoms with Crippen LogP contribution in [0.25, 0.3) is 10.2 Å². The molecule has 30 heavy (non-hydrogen) atoms. The van der Waals surface area contributed by atoms with E-state index in [0.29, 0.717) is 33.4 Å².